The molecule has 4 rings (SSSR count). The van der Waals surface area contributed by atoms with Crippen LogP contribution in [0.3, 0.4) is 0 Å². The van der Waals surface area contributed by atoms with E-state index in [2.05, 4.69) is 4.99 Å². The second-order valence-corrected chi connectivity index (χ2v) is 6.91. The molecule has 0 unspecified atom stereocenters. The van der Waals surface area contributed by atoms with Crippen molar-refractivity contribution < 1.29 is 19.1 Å². The minimum absolute atomic E-state index is 0.131. The van der Waals surface area contributed by atoms with E-state index in [4.69, 9.17) is 9.47 Å². The fourth-order valence-corrected chi connectivity index (χ4v) is 2.92. The molecule has 0 spiro atoms. The van der Waals surface area contributed by atoms with E-state index in [0.29, 0.717) is 16.9 Å². The number of hydrogen-bond donors (Lipinski definition) is 0. The van der Waals surface area contributed by atoms with E-state index in [1.165, 1.54) is 0 Å². The molecule has 1 aliphatic heterocycles. The smallest absolute Gasteiger partial charge is 0.363 e. The second-order valence-electron chi connectivity index (χ2n) is 6.91. The molecule has 0 radical (unpaired) electrons. The molecule has 1 aliphatic rings. The lowest BCUT2D eigenvalue weighted by molar-refractivity contribution is -0.129. The molecule has 0 aliphatic carbocycles. The van der Waals surface area contributed by atoms with Crippen LogP contribution >= 0.6 is 0 Å². The van der Waals surface area contributed by atoms with Crippen molar-refractivity contribution in [2.24, 2.45) is 4.99 Å². The van der Waals surface area contributed by atoms with Crippen LogP contribution in [0.5, 0.6) is 5.75 Å². The van der Waals surface area contributed by atoms with Crippen molar-refractivity contribution in [2.75, 3.05) is 0 Å². The maximum Gasteiger partial charge on any atom is 0.363 e. The molecule has 0 atom stereocenters. The summed E-state index contributed by atoms with van der Waals surface area (Å²) in [5.41, 5.74) is 3.14. The number of carbonyl (C=O) groups excluding carboxylic acids is 2. The third-order valence-corrected chi connectivity index (χ3v) is 4.56. The number of rotatable bonds is 5. The van der Waals surface area contributed by atoms with E-state index in [1.807, 2.05) is 55.5 Å². The first-order valence-electron chi connectivity index (χ1n) is 9.72. The Morgan fingerprint density at radius 1 is 0.903 bits per heavy atom. The Hall–Kier alpha value is -4.25. The van der Waals surface area contributed by atoms with Gasteiger partial charge in [-0.3, -0.25) is 0 Å². The van der Waals surface area contributed by atoms with Crippen molar-refractivity contribution >= 4 is 30.0 Å². The molecule has 0 fully saturated rings. The van der Waals surface area contributed by atoms with Crippen LogP contribution in [0, 0.1) is 6.92 Å². The van der Waals surface area contributed by atoms with Crippen LogP contribution < -0.4 is 4.74 Å². The monoisotopic (exact) mass is 409 g/mol. The summed E-state index contributed by atoms with van der Waals surface area (Å²) >= 11 is 0. The van der Waals surface area contributed by atoms with E-state index in [0.717, 1.165) is 11.1 Å². The van der Waals surface area contributed by atoms with Crippen molar-refractivity contribution in [2.45, 2.75) is 6.92 Å². The van der Waals surface area contributed by atoms with Gasteiger partial charge < -0.3 is 9.47 Å². The van der Waals surface area contributed by atoms with Gasteiger partial charge in [-0.2, -0.15) is 0 Å². The molecular weight excluding hydrogens is 390 g/mol. The van der Waals surface area contributed by atoms with Crippen LogP contribution in [0.15, 0.2) is 95.6 Å². The molecule has 5 nitrogen and oxygen atoms in total. The third kappa shape index (κ3) is 5.03. The van der Waals surface area contributed by atoms with Crippen molar-refractivity contribution in [3.8, 4) is 5.75 Å². The number of ether oxygens (including phenoxy) is 2. The summed E-state index contributed by atoms with van der Waals surface area (Å²) in [6.45, 7) is 1.95. The highest BCUT2D eigenvalue weighted by atomic mass is 16.6. The Morgan fingerprint density at radius 2 is 1.61 bits per heavy atom. The quantitative estimate of drug-likeness (QED) is 0.329. The van der Waals surface area contributed by atoms with Gasteiger partial charge in [-0.05, 0) is 42.8 Å². The molecule has 31 heavy (non-hydrogen) atoms. The number of carbonyl (C=O) groups is 2. The summed E-state index contributed by atoms with van der Waals surface area (Å²) in [5, 5.41) is 0. The lowest BCUT2D eigenvalue weighted by Gasteiger charge is -2.08. The van der Waals surface area contributed by atoms with Gasteiger partial charge in [-0.25, -0.2) is 14.6 Å². The van der Waals surface area contributed by atoms with Crippen LogP contribution in [-0.2, 0) is 9.53 Å². The van der Waals surface area contributed by atoms with Crippen molar-refractivity contribution in [3.05, 3.63) is 113 Å². The largest absolute Gasteiger partial charge is 0.422 e. The molecule has 152 valence electrons. The Morgan fingerprint density at radius 3 is 2.39 bits per heavy atom. The fraction of sp³-hybridized carbons (Fsp3) is 0.0385. The average Bonchev–Trinajstić information content (AvgIpc) is 3.14. The lowest BCUT2D eigenvalue weighted by Crippen LogP contribution is -2.09. The standard InChI is InChI=1S/C26H19NO4/c1-18-11-14-20(15-12-18)25(28)30-23-10-6-5-9-21(23)17-22-26(29)31-24(27-22)16-13-19-7-3-2-4-8-19/h2-17H,1H3/b16-13+,22-17+. The van der Waals surface area contributed by atoms with Gasteiger partial charge >= 0.3 is 11.9 Å². The first kappa shape index (κ1) is 20.0. The Labute approximate surface area is 180 Å². The number of para-hydroxylation sites is 1. The SMILES string of the molecule is Cc1ccc(C(=O)Oc2ccccc2/C=C2N=C(/C=C/c3ccccc3)OC/2=O)cc1. The lowest BCUT2D eigenvalue weighted by atomic mass is 10.1. The van der Waals surface area contributed by atoms with Crippen molar-refractivity contribution in [3.63, 3.8) is 0 Å². The van der Waals surface area contributed by atoms with Gasteiger partial charge in [0, 0.05) is 11.6 Å². The molecule has 5 heteroatoms. The summed E-state index contributed by atoms with van der Waals surface area (Å²) < 4.78 is 10.8. The maximum absolute atomic E-state index is 12.5. The van der Waals surface area contributed by atoms with E-state index in [9.17, 15) is 9.59 Å². The molecule has 1 heterocycles. The van der Waals surface area contributed by atoms with Crippen LogP contribution in [0.1, 0.15) is 27.0 Å². The summed E-state index contributed by atoms with van der Waals surface area (Å²) in [5.74, 6) is -0.506. The number of aliphatic imine (C=N–C) groups is 1. The Kier molecular flexibility index (Phi) is 5.85. The molecule has 3 aromatic rings. The van der Waals surface area contributed by atoms with E-state index in [1.54, 1.807) is 48.6 Å². The average molecular weight is 409 g/mol. The predicted molar refractivity (Wildman–Crippen MR) is 120 cm³/mol. The van der Waals surface area contributed by atoms with E-state index < -0.39 is 11.9 Å². The molecule has 0 aromatic heterocycles. The summed E-state index contributed by atoms with van der Waals surface area (Å²) in [7, 11) is 0. The first-order chi connectivity index (χ1) is 15.1. The number of hydrogen-bond acceptors (Lipinski definition) is 5. The van der Waals surface area contributed by atoms with Crippen LogP contribution in [0.4, 0.5) is 0 Å². The van der Waals surface area contributed by atoms with Crippen molar-refractivity contribution in [1.29, 1.82) is 0 Å². The fourth-order valence-electron chi connectivity index (χ4n) is 2.92. The van der Waals surface area contributed by atoms with Gasteiger partial charge in [0.2, 0.25) is 5.90 Å². The Balaban J connectivity index is 1.55. The highest BCUT2D eigenvalue weighted by molar-refractivity contribution is 6.11. The molecule has 0 saturated carbocycles. The van der Waals surface area contributed by atoms with Crippen LogP contribution in [0.2, 0.25) is 0 Å². The summed E-state index contributed by atoms with van der Waals surface area (Å²) in [4.78, 5) is 29.0. The highest BCUT2D eigenvalue weighted by Crippen LogP contribution is 2.25. The van der Waals surface area contributed by atoms with Gasteiger partial charge in [0.25, 0.3) is 0 Å². The summed E-state index contributed by atoms with van der Waals surface area (Å²) in [6.07, 6.45) is 4.99. The summed E-state index contributed by atoms with van der Waals surface area (Å²) in [6, 6.07) is 23.7. The minimum atomic E-state index is -0.563. The van der Waals surface area contributed by atoms with E-state index >= 15 is 0 Å². The van der Waals surface area contributed by atoms with Crippen molar-refractivity contribution in [1.82, 2.24) is 0 Å². The number of aryl methyl sites for hydroxylation is 1. The zero-order chi connectivity index (χ0) is 21.6. The topological polar surface area (TPSA) is 65.0 Å². The maximum atomic E-state index is 12.5. The Bertz CT molecular complexity index is 1210. The number of nitrogens with zero attached hydrogens (tertiary/aromatic N) is 1. The third-order valence-electron chi connectivity index (χ3n) is 4.56. The van der Waals surface area contributed by atoms with Gasteiger partial charge in [0.05, 0.1) is 5.56 Å². The van der Waals surface area contributed by atoms with Gasteiger partial charge in [0.1, 0.15) is 5.75 Å². The van der Waals surface area contributed by atoms with Crippen LogP contribution in [-0.4, -0.2) is 17.8 Å². The first-order valence-corrected chi connectivity index (χ1v) is 9.72. The molecule has 0 N–H and O–H groups in total. The molecule has 0 saturated heterocycles. The number of benzene rings is 3. The van der Waals surface area contributed by atoms with Gasteiger partial charge in [0.15, 0.2) is 5.70 Å². The minimum Gasteiger partial charge on any atom is -0.422 e. The number of cyclic esters (lactones) is 1. The zero-order valence-corrected chi connectivity index (χ0v) is 16.8. The highest BCUT2D eigenvalue weighted by Gasteiger charge is 2.22. The van der Waals surface area contributed by atoms with Crippen LogP contribution in [0.25, 0.3) is 12.2 Å². The van der Waals surface area contributed by atoms with Gasteiger partial charge in [-0.15, -0.1) is 0 Å². The zero-order valence-electron chi connectivity index (χ0n) is 16.8. The normalized spacial score (nSPS) is 14.5. The second kappa shape index (κ2) is 9.05. The predicted octanol–water partition coefficient (Wildman–Crippen LogP) is 5.22. The van der Waals surface area contributed by atoms with E-state index in [-0.39, 0.29) is 11.6 Å². The van der Waals surface area contributed by atoms with Gasteiger partial charge in [-0.1, -0.05) is 66.2 Å². The molecular formula is C26H19NO4. The molecule has 3 aromatic carbocycles. The molecule has 0 amide bonds. The number of esters is 2. The molecule has 0 bridgehead atoms.